The molecule has 0 aliphatic carbocycles. The van der Waals surface area contributed by atoms with E-state index in [2.05, 4.69) is 44.6 Å². The first kappa shape index (κ1) is 8.12. The van der Waals surface area contributed by atoms with Gasteiger partial charge in [0, 0.05) is 17.9 Å². The Morgan fingerprint density at radius 1 is 1.18 bits per heavy atom. The summed E-state index contributed by atoms with van der Waals surface area (Å²) in [5.74, 6) is 0. The van der Waals surface area contributed by atoms with Crippen molar-refractivity contribution in [3.05, 3.63) is 36.7 Å². The molecule has 1 aliphatic heterocycles. The fraction of sp³-hybridized carbons (Fsp3) is 0.400. The average Bonchev–Trinajstić information content (AvgIpc) is 1.86. The van der Waals surface area contributed by atoms with Crippen molar-refractivity contribution in [3.8, 4) is 0 Å². The topological polar surface area (TPSA) is 3.24 Å². The van der Waals surface area contributed by atoms with Crippen molar-refractivity contribution in [3.63, 3.8) is 0 Å². The lowest BCUT2D eigenvalue weighted by Gasteiger charge is -2.33. The van der Waals surface area contributed by atoms with E-state index < -0.39 is 0 Å². The van der Waals surface area contributed by atoms with E-state index >= 15 is 0 Å². The van der Waals surface area contributed by atoms with E-state index in [9.17, 15) is 0 Å². The van der Waals surface area contributed by atoms with Crippen molar-refractivity contribution >= 4 is 0 Å². The highest BCUT2D eigenvalue weighted by Gasteiger charge is 2.16. The lowest BCUT2D eigenvalue weighted by Crippen LogP contribution is -2.33. The number of allylic oxidation sites excluding steroid dienone is 3. The molecule has 1 heterocycles. The molecule has 0 saturated heterocycles. The maximum absolute atomic E-state index is 3.83. The molecular weight excluding hydrogens is 134 g/mol. The average molecular weight is 149 g/mol. The second-order valence-corrected chi connectivity index (χ2v) is 3.78. The van der Waals surface area contributed by atoms with Gasteiger partial charge in [-0.15, -0.1) is 0 Å². The van der Waals surface area contributed by atoms with Gasteiger partial charge in [0.15, 0.2) is 0 Å². The van der Waals surface area contributed by atoms with Gasteiger partial charge < -0.3 is 4.90 Å². The lowest BCUT2D eigenvalue weighted by atomic mass is 10.1. The molecule has 11 heavy (non-hydrogen) atoms. The first-order valence-corrected chi connectivity index (χ1v) is 3.84. The number of rotatable bonds is 0. The molecule has 0 spiro atoms. The lowest BCUT2D eigenvalue weighted by molar-refractivity contribution is 0.279. The molecule has 0 aromatic rings. The molecule has 0 fully saturated rings. The third kappa shape index (κ3) is 1.97. The van der Waals surface area contributed by atoms with Crippen molar-refractivity contribution in [1.29, 1.82) is 0 Å². The number of nitrogens with zero attached hydrogens (tertiary/aromatic N) is 1. The zero-order chi connectivity index (χ0) is 8.48. The van der Waals surface area contributed by atoms with Crippen molar-refractivity contribution in [2.75, 3.05) is 0 Å². The van der Waals surface area contributed by atoms with Crippen molar-refractivity contribution in [1.82, 2.24) is 4.90 Å². The maximum Gasteiger partial charge on any atom is 0.0355 e. The molecule has 0 aromatic heterocycles. The predicted molar refractivity (Wildman–Crippen MR) is 49.0 cm³/mol. The van der Waals surface area contributed by atoms with Gasteiger partial charge >= 0.3 is 0 Å². The third-order valence-corrected chi connectivity index (χ3v) is 1.67. The molecule has 0 bridgehead atoms. The van der Waals surface area contributed by atoms with Crippen LogP contribution >= 0.6 is 0 Å². The van der Waals surface area contributed by atoms with E-state index in [-0.39, 0.29) is 5.54 Å². The molecule has 60 valence electrons. The maximum atomic E-state index is 3.83. The van der Waals surface area contributed by atoms with Gasteiger partial charge in [-0.05, 0) is 38.5 Å². The Kier molecular flexibility index (Phi) is 1.90. The fourth-order valence-corrected chi connectivity index (χ4v) is 0.905. The van der Waals surface area contributed by atoms with Gasteiger partial charge in [0.05, 0.1) is 0 Å². The molecule has 1 aliphatic rings. The van der Waals surface area contributed by atoms with E-state index in [1.807, 2.05) is 12.2 Å². The summed E-state index contributed by atoms with van der Waals surface area (Å²) in [4.78, 5) is 2.17. The Morgan fingerprint density at radius 2 is 1.64 bits per heavy atom. The first-order chi connectivity index (χ1) is 5.00. The van der Waals surface area contributed by atoms with Gasteiger partial charge in [0.2, 0.25) is 0 Å². The number of hydrogen-bond acceptors (Lipinski definition) is 1. The molecule has 0 amide bonds. The molecule has 1 rings (SSSR count). The largest absolute Gasteiger partial charge is 0.349 e. The van der Waals surface area contributed by atoms with Crippen LogP contribution in [0.3, 0.4) is 0 Å². The van der Waals surface area contributed by atoms with Crippen LogP contribution in [0.1, 0.15) is 20.8 Å². The van der Waals surface area contributed by atoms with Crippen molar-refractivity contribution < 1.29 is 0 Å². The first-order valence-electron chi connectivity index (χ1n) is 3.84. The zero-order valence-electron chi connectivity index (χ0n) is 7.46. The van der Waals surface area contributed by atoms with E-state index in [1.54, 1.807) is 0 Å². The molecule has 0 saturated carbocycles. The van der Waals surface area contributed by atoms with Crippen molar-refractivity contribution in [2.24, 2.45) is 0 Å². The monoisotopic (exact) mass is 149 g/mol. The van der Waals surface area contributed by atoms with Crippen LogP contribution in [0.2, 0.25) is 0 Å². The summed E-state index contributed by atoms with van der Waals surface area (Å²) in [7, 11) is 0. The van der Waals surface area contributed by atoms with Gasteiger partial charge in [-0.25, -0.2) is 0 Å². The van der Waals surface area contributed by atoms with Crippen molar-refractivity contribution in [2.45, 2.75) is 26.3 Å². The summed E-state index contributed by atoms with van der Waals surface area (Å²) in [6.07, 6.45) is 8.15. The zero-order valence-corrected chi connectivity index (χ0v) is 7.46. The highest BCUT2D eigenvalue weighted by molar-refractivity contribution is 5.31. The van der Waals surface area contributed by atoms with Crippen LogP contribution in [0.4, 0.5) is 0 Å². The van der Waals surface area contributed by atoms with Crippen LogP contribution < -0.4 is 0 Å². The van der Waals surface area contributed by atoms with Crippen LogP contribution in [0, 0.1) is 0 Å². The quantitative estimate of drug-likeness (QED) is 0.512. The predicted octanol–water partition coefficient (Wildman–Crippen LogP) is 2.68. The summed E-state index contributed by atoms with van der Waals surface area (Å²) in [6.45, 7) is 10.4. The Hall–Kier alpha value is -0.980. The fourth-order valence-electron chi connectivity index (χ4n) is 0.905. The van der Waals surface area contributed by atoms with Gasteiger partial charge in [0.25, 0.3) is 0 Å². The molecule has 0 radical (unpaired) electrons. The third-order valence-electron chi connectivity index (χ3n) is 1.67. The summed E-state index contributed by atoms with van der Waals surface area (Å²) >= 11 is 0. The normalized spacial score (nSPS) is 17.7. The Morgan fingerprint density at radius 3 is 2.00 bits per heavy atom. The summed E-state index contributed by atoms with van der Waals surface area (Å²) < 4.78 is 0. The summed E-state index contributed by atoms with van der Waals surface area (Å²) in [6, 6.07) is 0. The standard InChI is InChI=1S/C10H15N/c1-9-5-7-11(8-6-9)10(2,3)4/h5-8H,1H2,2-4H3. The Labute approximate surface area is 68.7 Å². The van der Waals surface area contributed by atoms with E-state index in [0.717, 1.165) is 5.57 Å². The molecule has 0 aromatic carbocycles. The molecule has 1 heteroatoms. The van der Waals surface area contributed by atoms with Crippen LogP contribution in [-0.2, 0) is 0 Å². The molecular formula is C10H15N. The molecule has 0 unspecified atom stereocenters. The highest BCUT2D eigenvalue weighted by atomic mass is 15.1. The van der Waals surface area contributed by atoms with Crippen LogP contribution in [-0.4, -0.2) is 10.4 Å². The highest BCUT2D eigenvalue weighted by Crippen LogP contribution is 2.18. The molecule has 0 N–H and O–H groups in total. The van der Waals surface area contributed by atoms with Gasteiger partial charge in [0.1, 0.15) is 0 Å². The summed E-state index contributed by atoms with van der Waals surface area (Å²) in [5, 5.41) is 0. The second-order valence-electron chi connectivity index (χ2n) is 3.78. The summed E-state index contributed by atoms with van der Waals surface area (Å²) in [5.41, 5.74) is 1.23. The van der Waals surface area contributed by atoms with Crippen LogP contribution in [0.5, 0.6) is 0 Å². The smallest absolute Gasteiger partial charge is 0.0355 e. The van der Waals surface area contributed by atoms with Crippen LogP contribution in [0.25, 0.3) is 0 Å². The molecule has 0 atom stereocenters. The second kappa shape index (κ2) is 2.57. The van der Waals surface area contributed by atoms with E-state index in [4.69, 9.17) is 0 Å². The van der Waals surface area contributed by atoms with E-state index in [1.165, 1.54) is 0 Å². The Bertz CT molecular complexity index is 200. The van der Waals surface area contributed by atoms with Gasteiger partial charge in [-0.3, -0.25) is 0 Å². The minimum atomic E-state index is 0.174. The minimum Gasteiger partial charge on any atom is -0.349 e. The Balaban J connectivity index is 2.73. The van der Waals surface area contributed by atoms with Gasteiger partial charge in [-0.1, -0.05) is 6.58 Å². The van der Waals surface area contributed by atoms with Gasteiger partial charge in [-0.2, -0.15) is 0 Å². The molecule has 1 nitrogen and oxygen atoms in total. The SMILES string of the molecule is C=C1C=CN(C(C)(C)C)C=C1. The van der Waals surface area contributed by atoms with Crippen LogP contribution in [0.15, 0.2) is 36.7 Å². The number of hydrogen-bond donors (Lipinski definition) is 0. The minimum absolute atomic E-state index is 0.174. The van der Waals surface area contributed by atoms with E-state index in [0.29, 0.717) is 0 Å².